The molecule has 1 amide bonds. The normalized spacial score (nSPS) is 20.9. The van der Waals surface area contributed by atoms with Crippen molar-refractivity contribution in [3.8, 4) is 0 Å². The van der Waals surface area contributed by atoms with E-state index in [9.17, 15) is 14.4 Å². The Morgan fingerprint density at radius 2 is 2.00 bits per heavy atom. The van der Waals surface area contributed by atoms with Gasteiger partial charge in [0.2, 0.25) is 5.91 Å². The Hall–Kier alpha value is -2.43. The van der Waals surface area contributed by atoms with Crippen molar-refractivity contribution in [2.24, 2.45) is 0 Å². The van der Waals surface area contributed by atoms with Crippen molar-refractivity contribution in [1.82, 2.24) is 4.90 Å². The second kappa shape index (κ2) is 7.72. The van der Waals surface area contributed by atoms with Crippen LogP contribution >= 0.6 is 0 Å². The van der Waals surface area contributed by atoms with E-state index >= 15 is 0 Å². The minimum atomic E-state index is -0.506. The average molecular weight is 315 g/mol. The fraction of sp³-hybridized carbons (Fsp3) is 0.389. The molecular weight excluding hydrogens is 294 g/mol. The number of benzene rings is 1. The summed E-state index contributed by atoms with van der Waals surface area (Å²) in [4.78, 5) is 36.1. The maximum Gasteiger partial charge on any atom is 0.303 e. The Labute approximate surface area is 135 Å². The summed E-state index contributed by atoms with van der Waals surface area (Å²) in [5.74, 6) is -0.515. The highest BCUT2D eigenvalue weighted by Crippen LogP contribution is 2.27. The highest BCUT2D eigenvalue weighted by molar-refractivity contribution is 5.90. The molecule has 1 aromatic rings. The fourth-order valence-corrected chi connectivity index (χ4v) is 2.79. The van der Waals surface area contributed by atoms with Gasteiger partial charge >= 0.3 is 5.97 Å². The van der Waals surface area contributed by atoms with Gasteiger partial charge in [0.1, 0.15) is 12.4 Å². The largest absolute Gasteiger partial charge is 0.456 e. The third-order valence-corrected chi connectivity index (χ3v) is 3.93. The second-order valence-corrected chi connectivity index (χ2v) is 5.65. The molecule has 0 aliphatic carbocycles. The number of amides is 1. The van der Waals surface area contributed by atoms with Crippen molar-refractivity contribution in [3.63, 3.8) is 0 Å². The first-order valence-electron chi connectivity index (χ1n) is 7.68. The third-order valence-electron chi connectivity index (χ3n) is 3.93. The van der Waals surface area contributed by atoms with Crippen LogP contribution in [0, 0.1) is 0 Å². The van der Waals surface area contributed by atoms with Gasteiger partial charge in [-0.3, -0.25) is 9.59 Å². The molecule has 23 heavy (non-hydrogen) atoms. The Balaban J connectivity index is 2.24. The maximum atomic E-state index is 12.4. The molecule has 2 rings (SSSR count). The van der Waals surface area contributed by atoms with Crippen molar-refractivity contribution in [3.05, 3.63) is 47.5 Å². The molecule has 1 heterocycles. The summed E-state index contributed by atoms with van der Waals surface area (Å²) in [6.07, 6.45) is 2.53. The number of ether oxygens (including phenoxy) is 1. The first-order valence-corrected chi connectivity index (χ1v) is 7.68. The van der Waals surface area contributed by atoms with Crippen LogP contribution in [-0.2, 0) is 25.7 Å². The smallest absolute Gasteiger partial charge is 0.303 e. The number of hydrogen-bond acceptors (Lipinski definition) is 4. The lowest BCUT2D eigenvalue weighted by molar-refractivity contribution is -0.151. The predicted molar refractivity (Wildman–Crippen MR) is 85.4 cm³/mol. The summed E-state index contributed by atoms with van der Waals surface area (Å²) < 4.78 is 5.41. The van der Waals surface area contributed by atoms with Gasteiger partial charge in [0, 0.05) is 26.0 Å². The van der Waals surface area contributed by atoms with E-state index in [1.807, 2.05) is 37.3 Å². The quantitative estimate of drug-likeness (QED) is 0.596. The summed E-state index contributed by atoms with van der Waals surface area (Å²) >= 11 is 0. The molecule has 0 unspecified atom stereocenters. The number of esters is 1. The SMILES string of the molecule is CC(=O)O[C@@H]1C(CCC=O)=CC(=O)N(Cc2ccccc2)[C@H]1C. The van der Waals surface area contributed by atoms with E-state index in [1.54, 1.807) is 4.90 Å². The van der Waals surface area contributed by atoms with E-state index in [0.717, 1.165) is 11.8 Å². The van der Waals surface area contributed by atoms with E-state index in [0.29, 0.717) is 25.0 Å². The summed E-state index contributed by atoms with van der Waals surface area (Å²) in [5, 5.41) is 0. The minimum absolute atomic E-state index is 0.120. The topological polar surface area (TPSA) is 63.7 Å². The lowest BCUT2D eigenvalue weighted by Crippen LogP contribution is -2.50. The van der Waals surface area contributed by atoms with Crippen molar-refractivity contribution < 1.29 is 19.1 Å². The molecule has 122 valence electrons. The molecule has 0 N–H and O–H groups in total. The first kappa shape index (κ1) is 16.9. The number of carbonyl (C=O) groups is 3. The van der Waals surface area contributed by atoms with Gasteiger partial charge in [0.15, 0.2) is 0 Å². The van der Waals surface area contributed by atoms with Gasteiger partial charge in [0.25, 0.3) is 0 Å². The highest BCUT2D eigenvalue weighted by Gasteiger charge is 2.35. The molecular formula is C18H21NO4. The molecule has 0 saturated carbocycles. The minimum Gasteiger partial charge on any atom is -0.456 e. The molecule has 0 radical (unpaired) electrons. The molecule has 0 bridgehead atoms. The van der Waals surface area contributed by atoms with Crippen molar-refractivity contribution in [1.29, 1.82) is 0 Å². The maximum absolute atomic E-state index is 12.4. The average Bonchev–Trinajstić information content (AvgIpc) is 2.53. The summed E-state index contributed by atoms with van der Waals surface area (Å²) in [7, 11) is 0. The molecule has 1 aromatic carbocycles. The van der Waals surface area contributed by atoms with Gasteiger partial charge in [-0.05, 0) is 24.5 Å². The Morgan fingerprint density at radius 3 is 2.61 bits per heavy atom. The van der Waals surface area contributed by atoms with Gasteiger partial charge in [-0.2, -0.15) is 0 Å². The van der Waals surface area contributed by atoms with Crippen LogP contribution in [-0.4, -0.2) is 35.2 Å². The van der Waals surface area contributed by atoms with Crippen molar-refractivity contribution in [2.45, 2.75) is 45.4 Å². The van der Waals surface area contributed by atoms with Crippen LogP contribution in [0.4, 0.5) is 0 Å². The Kier molecular flexibility index (Phi) is 5.68. The van der Waals surface area contributed by atoms with Crippen LogP contribution in [0.1, 0.15) is 32.3 Å². The van der Waals surface area contributed by atoms with Gasteiger partial charge < -0.3 is 14.4 Å². The fourth-order valence-electron chi connectivity index (χ4n) is 2.79. The van der Waals surface area contributed by atoms with Crippen molar-refractivity contribution >= 4 is 18.2 Å². The van der Waals surface area contributed by atoms with Gasteiger partial charge in [-0.15, -0.1) is 0 Å². The zero-order valence-electron chi connectivity index (χ0n) is 13.4. The van der Waals surface area contributed by atoms with Crippen LogP contribution in [0.15, 0.2) is 42.0 Å². The number of rotatable bonds is 6. The molecule has 0 fully saturated rings. The first-order chi connectivity index (χ1) is 11.0. The lowest BCUT2D eigenvalue weighted by Gasteiger charge is -2.38. The van der Waals surface area contributed by atoms with Crippen molar-refractivity contribution in [2.75, 3.05) is 0 Å². The summed E-state index contributed by atoms with van der Waals surface area (Å²) in [6.45, 7) is 3.67. The van der Waals surface area contributed by atoms with E-state index in [1.165, 1.54) is 13.0 Å². The predicted octanol–water partition coefficient (Wildman–Crippen LogP) is 2.25. The molecule has 2 atom stereocenters. The van der Waals surface area contributed by atoms with Crippen LogP contribution in [0.25, 0.3) is 0 Å². The molecule has 1 aliphatic heterocycles. The van der Waals surface area contributed by atoms with E-state index in [2.05, 4.69) is 0 Å². The number of nitrogens with zero attached hydrogens (tertiary/aromatic N) is 1. The Bertz CT molecular complexity index is 609. The highest BCUT2D eigenvalue weighted by atomic mass is 16.5. The van der Waals surface area contributed by atoms with Crippen LogP contribution < -0.4 is 0 Å². The molecule has 5 nitrogen and oxygen atoms in total. The monoisotopic (exact) mass is 315 g/mol. The number of hydrogen-bond donors (Lipinski definition) is 0. The summed E-state index contributed by atoms with van der Waals surface area (Å²) in [5.41, 5.74) is 1.72. The zero-order chi connectivity index (χ0) is 16.8. The zero-order valence-corrected chi connectivity index (χ0v) is 13.4. The summed E-state index contributed by atoms with van der Waals surface area (Å²) in [6, 6.07) is 9.38. The van der Waals surface area contributed by atoms with Gasteiger partial charge in [-0.1, -0.05) is 30.3 Å². The second-order valence-electron chi connectivity index (χ2n) is 5.65. The lowest BCUT2D eigenvalue weighted by atomic mass is 9.93. The Morgan fingerprint density at radius 1 is 1.30 bits per heavy atom. The number of aldehydes is 1. The van der Waals surface area contributed by atoms with Gasteiger partial charge in [-0.25, -0.2) is 0 Å². The van der Waals surface area contributed by atoms with Gasteiger partial charge in [0.05, 0.1) is 6.04 Å². The molecule has 0 aromatic heterocycles. The van der Waals surface area contributed by atoms with E-state index < -0.39 is 12.1 Å². The molecule has 5 heteroatoms. The van der Waals surface area contributed by atoms with Crippen LogP contribution in [0.2, 0.25) is 0 Å². The molecule has 1 aliphatic rings. The van der Waals surface area contributed by atoms with Crippen LogP contribution in [0.5, 0.6) is 0 Å². The van der Waals surface area contributed by atoms with E-state index in [4.69, 9.17) is 4.74 Å². The number of carbonyl (C=O) groups excluding carboxylic acids is 3. The standard InChI is InChI=1S/C18H21NO4/c1-13-18(23-14(2)21)16(9-6-10-20)11-17(22)19(13)12-15-7-4-3-5-8-15/h3-5,7-8,10-11,13,18H,6,9,12H2,1-2H3/t13-,18-/m0/s1. The molecule has 0 spiro atoms. The van der Waals surface area contributed by atoms with Crippen LogP contribution in [0.3, 0.4) is 0 Å². The third kappa shape index (κ3) is 4.28. The molecule has 0 saturated heterocycles. The van der Waals surface area contributed by atoms with E-state index in [-0.39, 0.29) is 11.9 Å².